The van der Waals surface area contributed by atoms with Crippen molar-refractivity contribution in [3.8, 4) is 0 Å². The van der Waals surface area contributed by atoms with E-state index in [0.29, 0.717) is 18.6 Å². The van der Waals surface area contributed by atoms with Crippen LogP contribution in [0.25, 0.3) is 0 Å². The molecule has 1 aliphatic carbocycles. The lowest BCUT2D eigenvalue weighted by Gasteiger charge is -2.54. The van der Waals surface area contributed by atoms with Crippen LogP contribution in [0.2, 0.25) is 0 Å². The summed E-state index contributed by atoms with van der Waals surface area (Å²) >= 11 is 0. The summed E-state index contributed by atoms with van der Waals surface area (Å²) in [6, 6.07) is 4.02. The number of carbonyl (C=O) groups excluding carboxylic acids is 1. The largest absolute Gasteiger partial charge is 0.377 e. The Morgan fingerprint density at radius 3 is 3.00 bits per heavy atom. The first-order valence-electron chi connectivity index (χ1n) is 7.56. The second-order valence-corrected chi connectivity index (χ2v) is 6.68. The second kappa shape index (κ2) is 5.30. The molecule has 1 saturated carbocycles. The van der Waals surface area contributed by atoms with Crippen molar-refractivity contribution < 1.29 is 9.53 Å². The van der Waals surface area contributed by atoms with E-state index in [1.807, 2.05) is 19.1 Å². The Kier molecular flexibility index (Phi) is 3.61. The molecule has 2 aliphatic rings. The van der Waals surface area contributed by atoms with Gasteiger partial charge >= 0.3 is 6.03 Å². The minimum absolute atomic E-state index is 0.0178. The second-order valence-electron chi connectivity index (χ2n) is 6.68. The predicted molar refractivity (Wildman–Crippen MR) is 79.8 cm³/mol. The first-order chi connectivity index (χ1) is 9.98. The molecule has 1 aromatic heterocycles. The number of hydrogen-bond acceptors (Lipinski definition) is 3. The zero-order valence-electron chi connectivity index (χ0n) is 12.8. The van der Waals surface area contributed by atoms with Crippen LogP contribution in [0.5, 0.6) is 0 Å². The molecule has 1 aliphatic heterocycles. The number of rotatable bonds is 3. The smallest absolute Gasteiger partial charge is 0.315 e. The number of amides is 2. The van der Waals surface area contributed by atoms with Crippen LogP contribution in [0.1, 0.15) is 31.5 Å². The zero-order valence-corrected chi connectivity index (χ0v) is 12.8. The number of ether oxygens (including phenoxy) is 1. The molecule has 0 unspecified atom stereocenters. The molecule has 1 saturated heterocycles. The minimum Gasteiger partial charge on any atom is -0.377 e. The third-order valence-corrected chi connectivity index (χ3v) is 4.81. The molecule has 21 heavy (non-hydrogen) atoms. The van der Waals surface area contributed by atoms with E-state index in [1.165, 1.54) is 0 Å². The standard InChI is InChI=1S/C16H23N3O2/c1-10-4-5-11(8-17-10)9-18-15(20)19-13-12-6-7-21-14(12)16(13,2)3/h4-5,8,12-14H,6-7,9H2,1-3H3,(H2,18,19,20)/t12-,13-,14-/m1/s1. The molecule has 2 amide bonds. The summed E-state index contributed by atoms with van der Waals surface area (Å²) < 4.78 is 5.74. The number of nitrogens with one attached hydrogen (secondary N) is 2. The van der Waals surface area contributed by atoms with Gasteiger partial charge in [0.25, 0.3) is 0 Å². The van der Waals surface area contributed by atoms with Crippen molar-refractivity contribution in [2.24, 2.45) is 11.3 Å². The van der Waals surface area contributed by atoms with Crippen molar-refractivity contribution in [3.05, 3.63) is 29.6 Å². The van der Waals surface area contributed by atoms with E-state index < -0.39 is 0 Å². The number of hydrogen-bond donors (Lipinski definition) is 2. The van der Waals surface area contributed by atoms with Crippen molar-refractivity contribution in [1.82, 2.24) is 15.6 Å². The molecule has 1 aromatic rings. The minimum atomic E-state index is -0.112. The van der Waals surface area contributed by atoms with Gasteiger partial charge in [0, 0.05) is 42.4 Å². The maximum Gasteiger partial charge on any atom is 0.315 e. The number of carbonyl (C=O) groups is 1. The van der Waals surface area contributed by atoms with Crippen molar-refractivity contribution in [2.45, 2.75) is 45.9 Å². The lowest BCUT2D eigenvalue weighted by atomic mass is 9.57. The summed E-state index contributed by atoms with van der Waals surface area (Å²) in [6.07, 6.45) is 3.13. The van der Waals surface area contributed by atoms with Gasteiger partial charge in [0.2, 0.25) is 0 Å². The van der Waals surface area contributed by atoms with E-state index in [2.05, 4.69) is 29.5 Å². The maximum atomic E-state index is 12.1. The van der Waals surface area contributed by atoms with Crippen LogP contribution in [0.4, 0.5) is 4.79 Å². The van der Waals surface area contributed by atoms with Gasteiger partial charge in [-0.2, -0.15) is 0 Å². The van der Waals surface area contributed by atoms with Crippen LogP contribution >= 0.6 is 0 Å². The highest BCUT2D eigenvalue weighted by molar-refractivity contribution is 5.74. The van der Waals surface area contributed by atoms with E-state index in [0.717, 1.165) is 24.3 Å². The Bertz CT molecular complexity index is 527. The number of nitrogens with zero attached hydrogens (tertiary/aromatic N) is 1. The van der Waals surface area contributed by atoms with E-state index in [1.54, 1.807) is 6.20 Å². The van der Waals surface area contributed by atoms with E-state index in [9.17, 15) is 4.79 Å². The summed E-state index contributed by atoms with van der Waals surface area (Å²) in [5.74, 6) is 0.465. The fourth-order valence-electron chi connectivity index (χ4n) is 3.59. The molecule has 5 heteroatoms. The first kappa shape index (κ1) is 14.3. The van der Waals surface area contributed by atoms with Gasteiger partial charge in [0.1, 0.15) is 0 Å². The van der Waals surface area contributed by atoms with E-state index >= 15 is 0 Å². The van der Waals surface area contributed by atoms with Crippen molar-refractivity contribution >= 4 is 6.03 Å². The van der Waals surface area contributed by atoms with Crippen molar-refractivity contribution in [2.75, 3.05) is 6.61 Å². The monoisotopic (exact) mass is 289 g/mol. The molecule has 3 rings (SSSR count). The number of fused-ring (bicyclic) bond motifs is 1. The summed E-state index contributed by atoms with van der Waals surface area (Å²) in [4.78, 5) is 16.3. The third-order valence-electron chi connectivity index (χ3n) is 4.81. The molecule has 114 valence electrons. The van der Waals surface area contributed by atoms with Gasteiger partial charge in [-0.1, -0.05) is 19.9 Å². The molecule has 0 radical (unpaired) electrons. The summed E-state index contributed by atoms with van der Waals surface area (Å²) in [5.41, 5.74) is 2.00. The Hall–Kier alpha value is -1.62. The number of aromatic nitrogens is 1. The predicted octanol–water partition coefficient (Wildman–Crippen LogP) is 2.00. The molecular formula is C16H23N3O2. The fraction of sp³-hybridized carbons (Fsp3) is 0.625. The molecular weight excluding hydrogens is 266 g/mol. The normalized spacial score (nSPS) is 29.4. The topological polar surface area (TPSA) is 63.2 Å². The number of urea groups is 1. The van der Waals surface area contributed by atoms with Gasteiger partial charge in [-0.15, -0.1) is 0 Å². The average Bonchev–Trinajstić information content (AvgIpc) is 2.91. The lowest BCUT2D eigenvalue weighted by molar-refractivity contribution is -0.108. The maximum absolute atomic E-state index is 12.1. The first-order valence-corrected chi connectivity index (χ1v) is 7.56. The molecule has 3 atom stereocenters. The highest BCUT2D eigenvalue weighted by Gasteiger charge is 2.59. The van der Waals surface area contributed by atoms with Crippen molar-refractivity contribution in [1.29, 1.82) is 0 Å². The van der Waals surface area contributed by atoms with Crippen LogP contribution in [0.3, 0.4) is 0 Å². The van der Waals surface area contributed by atoms with Gasteiger partial charge < -0.3 is 15.4 Å². The molecule has 0 spiro atoms. The van der Waals surface area contributed by atoms with Crippen LogP contribution < -0.4 is 10.6 Å². The third kappa shape index (κ3) is 2.62. The molecule has 2 N–H and O–H groups in total. The molecule has 5 nitrogen and oxygen atoms in total. The fourth-order valence-corrected chi connectivity index (χ4v) is 3.59. The quantitative estimate of drug-likeness (QED) is 0.894. The Morgan fingerprint density at radius 1 is 1.48 bits per heavy atom. The van der Waals surface area contributed by atoms with Gasteiger partial charge in [0.05, 0.1) is 6.10 Å². The Morgan fingerprint density at radius 2 is 2.29 bits per heavy atom. The van der Waals surface area contributed by atoms with Crippen LogP contribution in [0.15, 0.2) is 18.3 Å². The van der Waals surface area contributed by atoms with Crippen LogP contribution in [0, 0.1) is 18.3 Å². The van der Waals surface area contributed by atoms with Crippen LogP contribution in [-0.4, -0.2) is 29.8 Å². The van der Waals surface area contributed by atoms with E-state index in [4.69, 9.17) is 4.74 Å². The van der Waals surface area contributed by atoms with Gasteiger partial charge in [-0.05, 0) is 25.0 Å². The van der Waals surface area contributed by atoms with Crippen molar-refractivity contribution in [3.63, 3.8) is 0 Å². The molecule has 0 aromatic carbocycles. The SMILES string of the molecule is Cc1ccc(CNC(=O)N[C@@H]2[C@H]3CCO[C@H]3C2(C)C)cn1. The highest BCUT2D eigenvalue weighted by atomic mass is 16.5. The molecule has 2 fully saturated rings. The van der Waals surface area contributed by atoms with Gasteiger partial charge in [-0.3, -0.25) is 4.98 Å². The molecule has 0 bridgehead atoms. The highest BCUT2D eigenvalue weighted by Crippen LogP contribution is 2.51. The molecule has 2 heterocycles. The Labute approximate surface area is 125 Å². The zero-order chi connectivity index (χ0) is 15.0. The van der Waals surface area contributed by atoms with Crippen LogP contribution in [-0.2, 0) is 11.3 Å². The number of pyridine rings is 1. The van der Waals surface area contributed by atoms with Gasteiger partial charge in [0.15, 0.2) is 0 Å². The lowest BCUT2D eigenvalue weighted by Crippen LogP contribution is -2.67. The Balaban J connectivity index is 1.51. The average molecular weight is 289 g/mol. The summed E-state index contributed by atoms with van der Waals surface area (Å²) in [5, 5.41) is 6.01. The summed E-state index contributed by atoms with van der Waals surface area (Å²) in [7, 11) is 0. The number of aryl methyl sites for hydroxylation is 1. The van der Waals surface area contributed by atoms with E-state index in [-0.39, 0.29) is 17.5 Å². The van der Waals surface area contributed by atoms with Gasteiger partial charge in [-0.25, -0.2) is 4.79 Å². The summed E-state index contributed by atoms with van der Waals surface area (Å²) in [6.45, 7) is 7.58.